The highest BCUT2D eigenvalue weighted by Gasteiger charge is 2.14. The van der Waals surface area contributed by atoms with Crippen molar-refractivity contribution < 1.29 is 9.57 Å². The molecule has 1 aliphatic rings. The molecule has 3 nitrogen and oxygen atoms in total. The Balaban J connectivity index is 2.30. The molecule has 0 amide bonds. The number of hydrogen-bond acceptors (Lipinski definition) is 3. The van der Waals surface area contributed by atoms with Crippen molar-refractivity contribution in [3.63, 3.8) is 0 Å². The molecule has 0 aromatic rings. The molecule has 0 aliphatic carbocycles. The summed E-state index contributed by atoms with van der Waals surface area (Å²) in [6, 6.07) is 0. The van der Waals surface area contributed by atoms with Gasteiger partial charge in [-0.05, 0) is 25.7 Å². The molecule has 1 fully saturated rings. The summed E-state index contributed by atoms with van der Waals surface area (Å²) in [7, 11) is 0. The Labute approximate surface area is 98.5 Å². The zero-order valence-electron chi connectivity index (χ0n) is 10.4. The van der Waals surface area contributed by atoms with Crippen molar-refractivity contribution in [3.8, 4) is 0 Å². The molecule has 1 rings (SSSR count). The summed E-state index contributed by atoms with van der Waals surface area (Å²) in [6.45, 7) is 5.03. The van der Waals surface area contributed by atoms with E-state index in [1.165, 1.54) is 6.42 Å². The van der Waals surface area contributed by atoms with E-state index >= 15 is 0 Å². The third-order valence-electron chi connectivity index (χ3n) is 2.60. The van der Waals surface area contributed by atoms with Gasteiger partial charge in [-0.25, -0.2) is 0 Å². The molecule has 16 heavy (non-hydrogen) atoms. The Hall–Kier alpha value is -0.830. The van der Waals surface area contributed by atoms with Crippen LogP contribution in [0.3, 0.4) is 0 Å². The zero-order chi connectivity index (χ0) is 11.6. The smallest absolute Gasteiger partial charge is 0.226 e. The van der Waals surface area contributed by atoms with Crippen molar-refractivity contribution in [1.82, 2.24) is 0 Å². The van der Waals surface area contributed by atoms with E-state index in [1.807, 2.05) is 0 Å². The lowest BCUT2D eigenvalue weighted by atomic mass is 10.2. The molecule has 0 saturated carbocycles. The number of ether oxygens (including phenoxy) is 1. The van der Waals surface area contributed by atoms with Crippen molar-refractivity contribution >= 4 is 5.71 Å². The second-order valence-electron chi connectivity index (χ2n) is 4.00. The molecule has 0 aromatic carbocycles. The van der Waals surface area contributed by atoms with Gasteiger partial charge in [-0.15, -0.1) is 0 Å². The fourth-order valence-corrected chi connectivity index (χ4v) is 1.56. The molecule has 0 aromatic heterocycles. The maximum absolute atomic E-state index is 5.45. The fraction of sp³-hybridized carbons (Fsp3) is 0.769. The molecule has 1 unspecified atom stereocenters. The Bertz CT molecular complexity index is 230. The van der Waals surface area contributed by atoms with Crippen LogP contribution in [0.2, 0.25) is 0 Å². The SMILES string of the molecule is CCC=CCC(CC)=NOC1CCCCO1. The Morgan fingerprint density at radius 1 is 1.38 bits per heavy atom. The van der Waals surface area contributed by atoms with Crippen molar-refractivity contribution in [1.29, 1.82) is 0 Å². The largest absolute Gasteiger partial charge is 0.364 e. The molecule has 1 aliphatic heterocycles. The normalized spacial score (nSPS) is 22.6. The summed E-state index contributed by atoms with van der Waals surface area (Å²) < 4.78 is 5.45. The Morgan fingerprint density at radius 3 is 2.88 bits per heavy atom. The standard InChI is InChI=1S/C13H23NO2/c1-3-5-6-9-12(4-2)14-16-13-10-7-8-11-15-13/h5-6,13H,3-4,7-11H2,1-2H3. The van der Waals surface area contributed by atoms with Gasteiger partial charge in [-0.3, -0.25) is 0 Å². The maximum Gasteiger partial charge on any atom is 0.226 e. The predicted molar refractivity (Wildman–Crippen MR) is 66.5 cm³/mol. The quantitative estimate of drug-likeness (QED) is 0.392. The molecule has 3 heteroatoms. The van der Waals surface area contributed by atoms with E-state index in [9.17, 15) is 0 Å². The Kier molecular flexibility index (Phi) is 6.90. The minimum Gasteiger partial charge on any atom is -0.364 e. The third-order valence-corrected chi connectivity index (χ3v) is 2.60. The molecule has 0 spiro atoms. The minimum atomic E-state index is -0.120. The van der Waals surface area contributed by atoms with E-state index in [4.69, 9.17) is 9.57 Å². The van der Waals surface area contributed by atoms with E-state index in [-0.39, 0.29) is 6.29 Å². The second-order valence-corrected chi connectivity index (χ2v) is 4.00. The average Bonchev–Trinajstić information content (AvgIpc) is 2.35. The van der Waals surface area contributed by atoms with Crippen LogP contribution < -0.4 is 0 Å². The van der Waals surface area contributed by atoms with E-state index in [2.05, 4.69) is 31.2 Å². The van der Waals surface area contributed by atoms with Gasteiger partial charge in [0.05, 0.1) is 12.3 Å². The molecule has 0 radical (unpaired) electrons. The van der Waals surface area contributed by atoms with Gasteiger partial charge in [-0.1, -0.05) is 31.2 Å². The van der Waals surface area contributed by atoms with Crippen molar-refractivity contribution in [2.24, 2.45) is 5.16 Å². The average molecular weight is 225 g/mol. The lowest BCUT2D eigenvalue weighted by Gasteiger charge is -2.20. The lowest BCUT2D eigenvalue weighted by molar-refractivity contribution is -0.162. The lowest BCUT2D eigenvalue weighted by Crippen LogP contribution is -2.20. The van der Waals surface area contributed by atoms with Gasteiger partial charge in [0.25, 0.3) is 0 Å². The van der Waals surface area contributed by atoms with Crippen LogP contribution in [0, 0.1) is 0 Å². The van der Waals surface area contributed by atoms with Gasteiger partial charge >= 0.3 is 0 Å². The van der Waals surface area contributed by atoms with Crippen LogP contribution in [0.25, 0.3) is 0 Å². The first-order valence-corrected chi connectivity index (χ1v) is 6.35. The topological polar surface area (TPSA) is 30.8 Å². The number of rotatable bonds is 6. The highest BCUT2D eigenvalue weighted by molar-refractivity contribution is 5.84. The second kappa shape index (κ2) is 8.34. The third kappa shape index (κ3) is 5.31. The summed E-state index contributed by atoms with van der Waals surface area (Å²) in [5.74, 6) is 0. The van der Waals surface area contributed by atoms with Gasteiger partial charge in [0.15, 0.2) is 0 Å². The molecule has 92 valence electrons. The van der Waals surface area contributed by atoms with Crippen LogP contribution in [0.15, 0.2) is 17.3 Å². The van der Waals surface area contributed by atoms with Gasteiger partial charge < -0.3 is 9.57 Å². The van der Waals surface area contributed by atoms with Crippen LogP contribution >= 0.6 is 0 Å². The van der Waals surface area contributed by atoms with E-state index < -0.39 is 0 Å². The van der Waals surface area contributed by atoms with Crippen LogP contribution in [-0.2, 0) is 9.57 Å². The van der Waals surface area contributed by atoms with Crippen molar-refractivity contribution in [2.75, 3.05) is 6.61 Å². The first-order chi connectivity index (χ1) is 7.86. The molecule has 1 heterocycles. The monoisotopic (exact) mass is 225 g/mol. The highest BCUT2D eigenvalue weighted by Crippen LogP contribution is 2.14. The van der Waals surface area contributed by atoms with Crippen LogP contribution in [0.1, 0.15) is 52.4 Å². The summed E-state index contributed by atoms with van der Waals surface area (Å²) in [5, 5.41) is 4.18. The molecule has 0 bridgehead atoms. The first-order valence-electron chi connectivity index (χ1n) is 6.35. The van der Waals surface area contributed by atoms with E-state index in [0.29, 0.717) is 0 Å². The molecular weight excluding hydrogens is 202 g/mol. The van der Waals surface area contributed by atoms with E-state index in [1.54, 1.807) is 0 Å². The van der Waals surface area contributed by atoms with Crippen molar-refractivity contribution in [3.05, 3.63) is 12.2 Å². The zero-order valence-corrected chi connectivity index (χ0v) is 10.4. The summed E-state index contributed by atoms with van der Waals surface area (Å²) >= 11 is 0. The molecule has 1 atom stereocenters. The van der Waals surface area contributed by atoms with Gasteiger partial charge in [0.2, 0.25) is 6.29 Å². The number of oxime groups is 1. The maximum atomic E-state index is 5.45. The van der Waals surface area contributed by atoms with Gasteiger partial charge in [0, 0.05) is 12.8 Å². The summed E-state index contributed by atoms with van der Waals surface area (Å²) in [6.07, 6.45) is 10.4. The minimum absolute atomic E-state index is 0.120. The van der Waals surface area contributed by atoms with Crippen LogP contribution in [0.5, 0.6) is 0 Å². The summed E-state index contributed by atoms with van der Waals surface area (Å²) in [4.78, 5) is 5.40. The number of nitrogens with zero attached hydrogens (tertiary/aromatic N) is 1. The van der Waals surface area contributed by atoms with E-state index in [0.717, 1.165) is 44.4 Å². The van der Waals surface area contributed by atoms with Crippen LogP contribution in [-0.4, -0.2) is 18.6 Å². The molecular formula is C13H23NO2. The first kappa shape index (κ1) is 13.2. The number of hydrogen-bond donors (Lipinski definition) is 0. The highest BCUT2D eigenvalue weighted by atomic mass is 16.8. The van der Waals surface area contributed by atoms with Crippen LogP contribution in [0.4, 0.5) is 0 Å². The predicted octanol–water partition coefficient (Wildman–Crippen LogP) is 3.65. The van der Waals surface area contributed by atoms with Gasteiger partial charge in [0.1, 0.15) is 0 Å². The van der Waals surface area contributed by atoms with Gasteiger partial charge in [-0.2, -0.15) is 0 Å². The molecule has 0 N–H and O–H groups in total. The Morgan fingerprint density at radius 2 is 2.25 bits per heavy atom. The molecule has 1 saturated heterocycles. The fourth-order valence-electron chi connectivity index (χ4n) is 1.56. The van der Waals surface area contributed by atoms with Crippen molar-refractivity contribution in [2.45, 2.75) is 58.7 Å². The summed E-state index contributed by atoms with van der Waals surface area (Å²) in [5.41, 5.74) is 1.08. The number of allylic oxidation sites excluding steroid dienone is 2.